The van der Waals surface area contributed by atoms with Crippen LogP contribution in [0.15, 0.2) is 23.3 Å². The zero-order chi connectivity index (χ0) is 14.7. The molecule has 7 heteroatoms. The number of aryl methyl sites for hydroxylation is 2. The van der Waals surface area contributed by atoms with E-state index in [9.17, 15) is 10.2 Å². The molecule has 1 aromatic heterocycles. The van der Waals surface area contributed by atoms with E-state index in [1.54, 1.807) is 0 Å². The molecule has 0 radical (unpaired) electrons. The number of anilines is 1. The van der Waals surface area contributed by atoms with Gasteiger partial charge in [-0.25, -0.2) is 15.4 Å². The minimum atomic E-state index is -0.352. The average molecular weight is 293 g/mol. The number of halogens is 1. The van der Waals surface area contributed by atoms with E-state index in [1.165, 1.54) is 18.3 Å². The zero-order valence-electron chi connectivity index (χ0n) is 10.9. The van der Waals surface area contributed by atoms with Crippen LogP contribution in [0.3, 0.4) is 0 Å². The van der Waals surface area contributed by atoms with Crippen molar-refractivity contribution in [1.29, 1.82) is 0 Å². The zero-order valence-corrected chi connectivity index (χ0v) is 11.7. The second-order valence-corrected chi connectivity index (χ2v) is 4.62. The summed E-state index contributed by atoms with van der Waals surface area (Å²) in [5, 5.41) is 22.8. The maximum Gasteiger partial charge on any atom is 0.243 e. The van der Waals surface area contributed by atoms with Crippen LogP contribution in [-0.4, -0.2) is 26.4 Å². The van der Waals surface area contributed by atoms with Crippen LogP contribution in [0.5, 0.6) is 11.5 Å². The van der Waals surface area contributed by atoms with Crippen molar-refractivity contribution in [3.63, 3.8) is 0 Å². The van der Waals surface area contributed by atoms with E-state index in [4.69, 9.17) is 11.6 Å². The molecule has 3 N–H and O–H groups in total. The Morgan fingerprint density at radius 1 is 1.15 bits per heavy atom. The van der Waals surface area contributed by atoms with Gasteiger partial charge in [0.05, 0.1) is 11.2 Å². The molecule has 20 heavy (non-hydrogen) atoms. The van der Waals surface area contributed by atoms with Gasteiger partial charge in [-0.2, -0.15) is 5.10 Å². The number of nitrogens with one attached hydrogen (secondary N) is 1. The molecule has 0 aliphatic carbocycles. The number of rotatable bonds is 3. The molecular weight excluding hydrogens is 280 g/mol. The predicted molar refractivity (Wildman–Crippen MR) is 77.5 cm³/mol. The highest BCUT2D eigenvalue weighted by Crippen LogP contribution is 2.33. The van der Waals surface area contributed by atoms with Gasteiger partial charge in [0.15, 0.2) is 11.5 Å². The van der Waals surface area contributed by atoms with Gasteiger partial charge in [0, 0.05) is 11.4 Å². The molecule has 2 rings (SSSR count). The summed E-state index contributed by atoms with van der Waals surface area (Å²) in [6.07, 6.45) is 1.44. The molecule has 0 spiro atoms. The third kappa shape index (κ3) is 3.36. The summed E-state index contributed by atoms with van der Waals surface area (Å²) in [4.78, 5) is 8.33. The van der Waals surface area contributed by atoms with E-state index < -0.39 is 0 Å². The van der Waals surface area contributed by atoms with Crippen LogP contribution in [0.4, 0.5) is 5.95 Å². The van der Waals surface area contributed by atoms with Crippen molar-refractivity contribution in [2.24, 2.45) is 5.10 Å². The lowest BCUT2D eigenvalue weighted by molar-refractivity contribution is 0.404. The molecule has 6 nitrogen and oxygen atoms in total. The third-order valence-corrected chi connectivity index (χ3v) is 2.71. The Morgan fingerprint density at radius 2 is 1.80 bits per heavy atom. The van der Waals surface area contributed by atoms with Gasteiger partial charge in [0.2, 0.25) is 5.95 Å². The molecule has 1 heterocycles. The Morgan fingerprint density at radius 3 is 2.40 bits per heavy atom. The van der Waals surface area contributed by atoms with Gasteiger partial charge in [0.1, 0.15) is 0 Å². The van der Waals surface area contributed by atoms with Gasteiger partial charge in [-0.15, -0.1) is 0 Å². The fraction of sp³-hybridized carbons (Fsp3) is 0.154. The first kappa shape index (κ1) is 14.1. The molecule has 2 aromatic rings. The number of benzene rings is 1. The second kappa shape index (κ2) is 5.75. The van der Waals surface area contributed by atoms with Crippen molar-refractivity contribution in [3.8, 4) is 11.5 Å². The smallest absolute Gasteiger partial charge is 0.243 e. The fourth-order valence-corrected chi connectivity index (χ4v) is 1.84. The highest BCUT2D eigenvalue weighted by atomic mass is 35.5. The first-order chi connectivity index (χ1) is 9.45. The molecule has 0 bridgehead atoms. The Bertz CT molecular complexity index is 630. The molecular formula is C13H13ClN4O2. The van der Waals surface area contributed by atoms with Crippen molar-refractivity contribution >= 4 is 23.8 Å². The standard InChI is InChI=1S/C13H13ClN4O2/c1-7-3-8(2)17-13(16-7)18-15-6-9-4-10(14)12(20)11(19)5-9/h3-6,19-20H,1-2H3,(H,16,17,18)/b15-6+. The lowest BCUT2D eigenvalue weighted by Gasteiger charge is -2.03. The van der Waals surface area contributed by atoms with Crippen molar-refractivity contribution in [2.45, 2.75) is 13.8 Å². The minimum absolute atomic E-state index is 0.0501. The van der Waals surface area contributed by atoms with Gasteiger partial charge in [0.25, 0.3) is 0 Å². The maximum absolute atomic E-state index is 9.43. The first-order valence-corrected chi connectivity index (χ1v) is 6.16. The Labute approximate surface area is 120 Å². The number of hydrogen-bond acceptors (Lipinski definition) is 6. The molecule has 0 atom stereocenters. The number of phenolic OH excluding ortho intramolecular Hbond substituents is 2. The van der Waals surface area contributed by atoms with E-state index in [1.807, 2.05) is 19.9 Å². The summed E-state index contributed by atoms with van der Waals surface area (Å²) in [6, 6.07) is 4.67. The number of hydrazone groups is 1. The number of aromatic hydroxyl groups is 2. The van der Waals surface area contributed by atoms with Crippen molar-refractivity contribution in [3.05, 3.63) is 40.2 Å². The van der Waals surface area contributed by atoms with Crippen LogP contribution in [0.25, 0.3) is 0 Å². The predicted octanol–water partition coefficient (Wildman–Crippen LogP) is 2.60. The lowest BCUT2D eigenvalue weighted by Crippen LogP contribution is -1.99. The molecule has 0 aliphatic rings. The summed E-state index contributed by atoms with van der Waals surface area (Å²) in [6.45, 7) is 3.72. The van der Waals surface area contributed by atoms with Crippen LogP contribution in [0.1, 0.15) is 17.0 Å². The molecule has 0 amide bonds. The summed E-state index contributed by atoms with van der Waals surface area (Å²) in [5.41, 5.74) is 4.89. The van der Waals surface area contributed by atoms with Crippen molar-refractivity contribution < 1.29 is 10.2 Å². The quantitative estimate of drug-likeness (QED) is 0.459. The van der Waals surface area contributed by atoms with Gasteiger partial charge < -0.3 is 10.2 Å². The number of phenols is 2. The van der Waals surface area contributed by atoms with Crippen LogP contribution in [0, 0.1) is 13.8 Å². The summed E-state index contributed by atoms with van der Waals surface area (Å²) in [7, 11) is 0. The number of nitrogens with zero attached hydrogens (tertiary/aromatic N) is 3. The largest absolute Gasteiger partial charge is 0.504 e. The third-order valence-electron chi connectivity index (χ3n) is 2.43. The molecule has 0 unspecified atom stereocenters. The monoisotopic (exact) mass is 292 g/mol. The Kier molecular flexibility index (Phi) is 4.05. The van der Waals surface area contributed by atoms with Gasteiger partial charge >= 0.3 is 0 Å². The number of hydrogen-bond donors (Lipinski definition) is 3. The molecule has 0 saturated carbocycles. The van der Waals surface area contributed by atoms with E-state index in [0.717, 1.165) is 11.4 Å². The Hall–Kier alpha value is -2.34. The normalized spacial score (nSPS) is 10.9. The molecule has 0 fully saturated rings. The van der Waals surface area contributed by atoms with Crippen molar-refractivity contribution in [2.75, 3.05) is 5.43 Å². The fourth-order valence-electron chi connectivity index (χ4n) is 1.62. The van der Waals surface area contributed by atoms with E-state index in [2.05, 4.69) is 20.5 Å². The molecule has 1 aromatic carbocycles. The topological polar surface area (TPSA) is 90.6 Å². The minimum Gasteiger partial charge on any atom is -0.504 e. The summed E-state index contributed by atoms with van der Waals surface area (Å²) >= 11 is 5.74. The van der Waals surface area contributed by atoms with Crippen LogP contribution in [-0.2, 0) is 0 Å². The highest BCUT2D eigenvalue weighted by molar-refractivity contribution is 6.32. The second-order valence-electron chi connectivity index (χ2n) is 4.21. The Balaban J connectivity index is 2.14. The maximum atomic E-state index is 9.43. The van der Waals surface area contributed by atoms with Gasteiger partial charge in [-0.05, 0) is 37.6 Å². The molecule has 0 aliphatic heterocycles. The summed E-state index contributed by atoms with van der Waals surface area (Å²) < 4.78 is 0. The van der Waals surface area contributed by atoms with Gasteiger partial charge in [-0.1, -0.05) is 11.6 Å². The number of aromatic nitrogens is 2. The van der Waals surface area contributed by atoms with Crippen LogP contribution < -0.4 is 5.43 Å². The van der Waals surface area contributed by atoms with Gasteiger partial charge in [-0.3, -0.25) is 0 Å². The van der Waals surface area contributed by atoms with E-state index in [-0.39, 0.29) is 16.5 Å². The molecule has 0 saturated heterocycles. The van der Waals surface area contributed by atoms with Crippen LogP contribution >= 0.6 is 11.6 Å². The SMILES string of the molecule is Cc1cc(C)nc(N/N=C/c2cc(O)c(O)c(Cl)c2)n1. The summed E-state index contributed by atoms with van der Waals surface area (Å²) in [5.74, 6) is -0.274. The average Bonchev–Trinajstić information content (AvgIpc) is 2.34. The highest BCUT2D eigenvalue weighted by Gasteiger charge is 2.06. The molecule has 104 valence electrons. The van der Waals surface area contributed by atoms with E-state index in [0.29, 0.717) is 11.5 Å². The van der Waals surface area contributed by atoms with Crippen LogP contribution in [0.2, 0.25) is 5.02 Å². The van der Waals surface area contributed by atoms with Crippen molar-refractivity contribution in [1.82, 2.24) is 9.97 Å². The van der Waals surface area contributed by atoms with E-state index >= 15 is 0 Å². The first-order valence-electron chi connectivity index (χ1n) is 5.78. The lowest BCUT2D eigenvalue weighted by atomic mass is 10.2.